The number of carbonyl (C=O) groups is 1. The summed E-state index contributed by atoms with van der Waals surface area (Å²) in [4.78, 5) is 37.4. The number of carbonyl (C=O) groups excluding carboxylic acids is 1. The summed E-state index contributed by atoms with van der Waals surface area (Å²) in [6, 6.07) is 14.3. The highest BCUT2D eigenvalue weighted by atomic mass is 35.5. The van der Waals surface area contributed by atoms with Gasteiger partial charge in [-0.05, 0) is 60.5 Å². The summed E-state index contributed by atoms with van der Waals surface area (Å²) in [5, 5.41) is 5.46. The van der Waals surface area contributed by atoms with E-state index in [1.807, 2.05) is 24.1 Å². The zero-order valence-electron chi connectivity index (χ0n) is 21.1. The molecular weight excluding hydrogens is 525 g/mol. The lowest BCUT2D eigenvalue weighted by molar-refractivity contribution is 0.0664. The van der Waals surface area contributed by atoms with E-state index in [2.05, 4.69) is 15.2 Å². The van der Waals surface area contributed by atoms with Crippen LogP contribution >= 0.6 is 23.2 Å². The number of likely N-dealkylation sites (N-methyl/N-ethyl adjacent to an activating group) is 1. The summed E-state index contributed by atoms with van der Waals surface area (Å²) >= 11 is 12.8. The lowest BCUT2D eigenvalue weighted by atomic mass is 10.1. The largest absolute Gasteiger partial charge is 0.495 e. The maximum atomic E-state index is 13.1. The van der Waals surface area contributed by atoms with E-state index in [4.69, 9.17) is 32.9 Å². The molecular formula is C28H27Cl2N5O3. The zero-order chi connectivity index (χ0) is 26.8. The van der Waals surface area contributed by atoms with Crippen LogP contribution < -0.4 is 15.6 Å². The summed E-state index contributed by atoms with van der Waals surface area (Å²) < 4.78 is 5.62. The van der Waals surface area contributed by atoms with Crippen molar-refractivity contribution in [3.63, 3.8) is 0 Å². The van der Waals surface area contributed by atoms with Gasteiger partial charge in [0.15, 0.2) is 0 Å². The molecule has 1 aliphatic rings. The first-order valence-corrected chi connectivity index (χ1v) is 13.0. The molecule has 0 spiro atoms. The Morgan fingerprint density at radius 1 is 1.08 bits per heavy atom. The van der Waals surface area contributed by atoms with Gasteiger partial charge in [0.2, 0.25) is 0 Å². The second kappa shape index (κ2) is 11.0. The van der Waals surface area contributed by atoms with Crippen molar-refractivity contribution >= 4 is 51.4 Å². The summed E-state index contributed by atoms with van der Waals surface area (Å²) in [5.74, 6) is 0.785. The molecule has 2 aromatic carbocycles. The molecule has 0 atom stereocenters. The molecule has 1 aliphatic heterocycles. The molecule has 10 heteroatoms. The van der Waals surface area contributed by atoms with Crippen LogP contribution in [0.1, 0.15) is 21.6 Å². The Morgan fingerprint density at radius 2 is 1.82 bits per heavy atom. The summed E-state index contributed by atoms with van der Waals surface area (Å²) in [7, 11) is 3.59. The minimum absolute atomic E-state index is 0.0402. The number of piperazine rings is 1. The number of nitrogens with one attached hydrogen (secondary N) is 2. The molecule has 0 saturated carbocycles. The van der Waals surface area contributed by atoms with E-state index in [1.165, 1.54) is 0 Å². The van der Waals surface area contributed by atoms with Gasteiger partial charge in [-0.3, -0.25) is 9.59 Å². The Balaban J connectivity index is 1.50. The van der Waals surface area contributed by atoms with Gasteiger partial charge in [0.05, 0.1) is 18.2 Å². The molecule has 1 saturated heterocycles. The van der Waals surface area contributed by atoms with Crippen molar-refractivity contribution in [3.8, 4) is 5.75 Å². The number of halogens is 2. The van der Waals surface area contributed by atoms with Gasteiger partial charge in [-0.15, -0.1) is 0 Å². The van der Waals surface area contributed by atoms with E-state index < -0.39 is 0 Å². The van der Waals surface area contributed by atoms with E-state index in [1.54, 1.807) is 49.7 Å². The number of hydrogen-bond donors (Lipinski definition) is 2. The summed E-state index contributed by atoms with van der Waals surface area (Å²) in [5.41, 5.74) is 2.27. The molecule has 0 radical (unpaired) electrons. The lowest BCUT2D eigenvalue weighted by Crippen LogP contribution is -2.47. The molecule has 1 amide bonds. The number of aromatic amines is 1. The number of rotatable bonds is 6. The van der Waals surface area contributed by atoms with Crippen LogP contribution in [0.2, 0.25) is 10.0 Å². The minimum atomic E-state index is -0.277. The summed E-state index contributed by atoms with van der Waals surface area (Å²) in [6.07, 6.45) is 1.98. The van der Waals surface area contributed by atoms with E-state index >= 15 is 0 Å². The van der Waals surface area contributed by atoms with Gasteiger partial charge in [0.1, 0.15) is 11.6 Å². The quantitative estimate of drug-likeness (QED) is 0.352. The van der Waals surface area contributed by atoms with E-state index in [0.29, 0.717) is 68.8 Å². The molecule has 0 aliphatic carbocycles. The fourth-order valence-electron chi connectivity index (χ4n) is 4.58. The molecule has 0 bridgehead atoms. The van der Waals surface area contributed by atoms with Crippen molar-refractivity contribution in [2.45, 2.75) is 6.42 Å². The number of benzene rings is 2. The Labute approximate surface area is 230 Å². The molecule has 1 fully saturated rings. The zero-order valence-corrected chi connectivity index (χ0v) is 22.6. The number of anilines is 2. The molecule has 2 aromatic heterocycles. The van der Waals surface area contributed by atoms with Gasteiger partial charge in [-0.1, -0.05) is 29.3 Å². The number of H-pyrrole nitrogens is 1. The van der Waals surface area contributed by atoms with E-state index in [-0.39, 0.29) is 11.5 Å². The number of hydrogen-bond acceptors (Lipinski definition) is 6. The molecule has 3 heterocycles. The fourth-order valence-corrected chi connectivity index (χ4v) is 5.11. The Bertz CT molecular complexity index is 1540. The second-order valence-corrected chi connectivity index (χ2v) is 10.1. The number of methoxy groups -OCH3 is 1. The normalized spacial score (nSPS) is 14.1. The minimum Gasteiger partial charge on any atom is -0.495 e. The number of nitrogens with zero attached hydrogens (tertiary/aromatic N) is 3. The highest BCUT2D eigenvalue weighted by Crippen LogP contribution is 2.32. The lowest BCUT2D eigenvalue weighted by Gasteiger charge is -2.32. The fraction of sp³-hybridized carbons (Fsp3) is 0.250. The third kappa shape index (κ3) is 5.34. The smallest absolute Gasteiger partial charge is 0.259 e. The molecule has 5 rings (SSSR count). The molecule has 4 aromatic rings. The topological polar surface area (TPSA) is 90.6 Å². The van der Waals surface area contributed by atoms with Crippen LogP contribution in [0.15, 0.2) is 59.5 Å². The van der Waals surface area contributed by atoms with Gasteiger partial charge < -0.3 is 24.8 Å². The van der Waals surface area contributed by atoms with Crippen LogP contribution in [0.3, 0.4) is 0 Å². The van der Waals surface area contributed by atoms with Crippen LogP contribution in [0.4, 0.5) is 11.5 Å². The molecule has 2 N–H and O–H groups in total. The molecule has 38 heavy (non-hydrogen) atoms. The molecule has 196 valence electrons. The standard InChI is InChI=1S/C28H27Cl2N5O3/c1-34-10-12-35(13-11-34)28(37)18-6-7-23(24(15-18)38-2)33-26-25-17(8-9-31-27(25)36)14-19(32-26)16-20-21(29)4-3-5-22(20)30/h3-9,14-15H,10-13,16H2,1-2H3,(H,31,36)(H,32,33). The van der Waals surface area contributed by atoms with E-state index in [9.17, 15) is 9.59 Å². The highest BCUT2D eigenvalue weighted by molar-refractivity contribution is 6.36. The van der Waals surface area contributed by atoms with Gasteiger partial charge in [-0.2, -0.15) is 0 Å². The monoisotopic (exact) mass is 551 g/mol. The Kier molecular flexibility index (Phi) is 7.56. The number of ether oxygens (including phenoxy) is 1. The van der Waals surface area contributed by atoms with Crippen LogP contribution in [-0.2, 0) is 6.42 Å². The van der Waals surface area contributed by atoms with Crippen LogP contribution in [-0.4, -0.2) is 66.0 Å². The van der Waals surface area contributed by atoms with Crippen LogP contribution in [0, 0.1) is 0 Å². The highest BCUT2D eigenvalue weighted by Gasteiger charge is 2.22. The number of amides is 1. The third-order valence-electron chi connectivity index (χ3n) is 6.72. The average molecular weight is 552 g/mol. The van der Waals surface area contributed by atoms with Crippen molar-refractivity contribution < 1.29 is 9.53 Å². The van der Waals surface area contributed by atoms with Crippen LogP contribution in [0.25, 0.3) is 10.8 Å². The van der Waals surface area contributed by atoms with Gasteiger partial charge in [0.25, 0.3) is 11.5 Å². The first kappa shape index (κ1) is 26.0. The first-order valence-electron chi connectivity index (χ1n) is 12.2. The SMILES string of the molecule is COc1cc(C(=O)N2CCN(C)CC2)ccc1Nc1nc(Cc2c(Cl)cccc2Cl)cc2cc[nH]c(=O)c12. The number of aromatic nitrogens is 2. The van der Waals surface area contributed by atoms with Crippen molar-refractivity contribution in [2.24, 2.45) is 0 Å². The van der Waals surface area contributed by atoms with Gasteiger partial charge in [-0.25, -0.2) is 4.98 Å². The molecule has 8 nitrogen and oxygen atoms in total. The average Bonchev–Trinajstić information content (AvgIpc) is 2.91. The van der Waals surface area contributed by atoms with Gasteiger partial charge >= 0.3 is 0 Å². The number of fused-ring (bicyclic) bond motifs is 1. The Morgan fingerprint density at radius 3 is 2.53 bits per heavy atom. The third-order valence-corrected chi connectivity index (χ3v) is 7.43. The summed E-state index contributed by atoms with van der Waals surface area (Å²) in [6.45, 7) is 3.04. The van der Waals surface area contributed by atoms with Crippen molar-refractivity contribution in [1.82, 2.24) is 19.8 Å². The Hall–Kier alpha value is -3.59. The predicted molar refractivity (Wildman–Crippen MR) is 151 cm³/mol. The van der Waals surface area contributed by atoms with Crippen molar-refractivity contribution in [1.29, 1.82) is 0 Å². The van der Waals surface area contributed by atoms with E-state index in [0.717, 1.165) is 18.7 Å². The maximum Gasteiger partial charge on any atom is 0.259 e. The van der Waals surface area contributed by atoms with Crippen molar-refractivity contribution in [2.75, 3.05) is 45.7 Å². The number of pyridine rings is 2. The maximum absolute atomic E-state index is 13.1. The van der Waals surface area contributed by atoms with Crippen LogP contribution in [0.5, 0.6) is 5.75 Å². The predicted octanol–water partition coefficient (Wildman–Crippen LogP) is 4.96. The second-order valence-electron chi connectivity index (χ2n) is 9.25. The first-order chi connectivity index (χ1) is 18.3. The van der Waals surface area contributed by atoms with Gasteiger partial charge in [0, 0.05) is 60.1 Å². The molecule has 0 unspecified atom stereocenters. The van der Waals surface area contributed by atoms with Crippen molar-refractivity contribution in [3.05, 3.63) is 91.9 Å².